The Kier molecular flexibility index (Phi) is 6.22. The van der Waals surface area contributed by atoms with Crippen LogP contribution in [0.3, 0.4) is 0 Å². The third-order valence-electron chi connectivity index (χ3n) is 2.71. The molecule has 0 bridgehead atoms. The average molecular weight is 251 g/mol. The van der Waals surface area contributed by atoms with Crippen molar-refractivity contribution >= 4 is 5.97 Å². The van der Waals surface area contributed by atoms with E-state index in [0.717, 1.165) is 30.8 Å². The molecule has 0 amide bonds. The van der Waals surface area contributed by atoms with Gasteiger partial charge in [-0.25, -0.2) is 0 Å². The van der Waals surface area contributed by atoms with E-state index in [-0.39, 0.29) is 5.97 Å². The van der Waals surface area contributed by atoms with Crippen LogP contribution in [0.4, 0.5) is 0 Å². The minimum Gasteiger partial charge on any atom is -0.496 e. The number of benzene rings is 1. The molecule has 0 atom stereocenters. The molecule has 0 aliphatic heterocycles. The lowest BCUT2D eigenvalue weighted by molar-refractivity contribution is -0.140. The average Bonchev–Trinajstić information content (AvgIpc) is 2.38. The molecule has 1 N–H and O–H groups in total. The molecule has 4 heteroatoms. The Morgan fingerprint density at radius 2 is 2.11 bits per heavy atom. The molecule has 0 aliphatic rings. The van der Waals surface area contributed by atoms with Gasteiger partial charge in [0.2, 0.25) is 0 Å². The number of aryl methyl sites for hydroxylation is 1. The van der Waals surface area contributed by atoms with Crippen molar-refractivity contribution in [2.45, 2.75) is 26.3 Å². The second-order valence-electron chi connectivity index (χ2n) is 4.17. The number of hydrogen-bond acceptors (Lipinski definition) is 4. The molecule has 0 aliphatic carbocycles. The van der Waals surface area contributed by atoms with Gasteiger partial charge in [0.05, 0.1) is 14.2 Å². The molecule has 0 saturated carbocycles. The molecule has 0 radical (unpaired) electrons. The molecule has 0 saturated heterocycles. The maximum atomic E-state index is 10.9. The first-order valence-corrected chi connectivity index (χ1v) is 6.08. The van der Waals surface area contributed by atoms with Crippen LogP contribution in [0.1, 0.15) is 24.0 Å². The number of carbonyl (C=O) groups is 1. The Morgan fingerprint density at radius 1 is 1.33 bits per heavy atom. The van der Waals surface area contributed by atoms with E-state index in [1.54, 1.807) is 7.11 Å². The minimum atomic E-state index is -0.162. The molecule has 4 nitrogen and oxygen atoms in total. The summed E-state index contributed by atoms with van der Waals surface area (Å²) in [6.45, 7) is 3.58. The van der Waals surface area contributed by atoms with Gasteiger partial charge in [-0.15, -0.1) is 0 Å². The quantitative estimate of drug-likeness (QED) is 0.595. The number of carbonyl (C=O) groups excluding carboxylic acids is 1. The molecule has 0 spiro atoms. The summed E-state index contributed by atoms with van der Waals surface area (Å²) < 4.78 is 9.88. The molecule has 1 aromatic carbocycles. The van der Waals surface area contributed by atoms with Gasteiger partial charge in [-0.3, -0.25) is 4.79 Å². The van der Waals surface area contributed by atoms with Crippen LogP contribution >= 0.6 is 0 Å². The van der Waals surface area contributed by atoms with Gasteiger partial charge >= 0.3 is 5.97 Å². The monoisotopic (exact) mass is 251 g/mol. The van der Waals surface area contributed by atoms with Crippen LogP contribution in [-0.2, 0) is 16.1 Å². The normalized spacial score (nSPS) is 10.2. The number of hydrogen-bond donors (Lipinski definition) is 1. The molecular formula is C14H21NO3. The number of methoxy groups -OCH3 is 2. The van der Waals surface area contributed by atoms with Crippen molar-refractivity contribution in [1.29, 1.82) is 0 Å². The Balaban J connectivity index is 2.34. The largest absolute Gasteiger partial charge is 0.496 e. The summed E-state index contributed by atoms with van der Waals surface area (Å²) >= 11 is 0. The molecule has 0 unspecified atom stereocenters. The molecule has 0 aromatic heterocycles. The van der Waals surface area contributed by atoms with Crippen LogP contribution in [-0.4, -0.2) is 26.7 Å². The second-order valence-corrected chi connectivity index (χ2v) is 4.17. The first-order valence-electron chi connectivity index (χ1n) is 6.08. The van der Waals surface area contributed by atoms with Gasteiger partial charge in [-0.1, -0.05) is 17.7 Å². The number of rotatable bonds is 7. The van der Waals surface area contributed by atoms with Gasteiger partial charge in [0.25, 0.3) is 0 Å². The predicted octanol–water partition coefficient (Wildman–Crippen LogP) is 2.05. The standard InChI is InChI=1S/C14H21NO3/c1-11-6-7-13(17-2)12(9-11)10-15-8-4-5-14(16)18-3/h6-7,9,15H,4-5,8,10H2,1-3H3. The molecular weight excluding hydrogens is 230 g/mol. The summed E-state index contributed by atoms with van der Waals surface area (Å²) in [6, 6.07) is 6.10. The van der Waals surface area contributed by atoms with Gasteiger partial charge in [0, 0.05) is 18.5 Å². The molecule has 1 rings (SSSR count). The van der Waals surface area contributed by atoms with Crippen molar-refractivity contribution < 1.29 is 14.3 Å². The Morgan fingerprint density at radius 3 is 2.78 bits per heavy atom. The van der Waals surface area contributed by atoms with Crippen molar-refractivity contribution in [1.82, 2.24) is 5.32 Å². The van der Waals surface area contributed by atoms with E-state index in [4.69, 9.17) is 4.74 Å². The zero-order chi connectivity index (χ0) is 13.4. The molecule has 1 aromatic rings. The first-order chi connectivity index (χ1) is 8.67. The fourth-order valence-corrected chi connectivity index (χ4v) is 1.73. The highest BCUT2D eigenvalue weighted by Gasteiger charge is 2.03. The van der Waals surface area contributed by atoms with Crippen LogP contribution in [0, 0.1) is 6.92 Å². The van der Waals surface area contributed by atoms with Crippen molar-refractivity contribution in [2.75, 3.05) is 20.8 Å². The van der Waals surface area contributed by atoms with E-state index < -0.39 is 0 Å². The van der Waals surface area contributed by atoms with Crippen molar-refractivity contribution in [3.8, 4) is 5.75 Å². The van der Waals surface area contributed by atoms with Crippen LogP contribution in [0.2, 0.25) is 0 Å². The summed E-state index contributed by atoms with van der Waals surface area (Å²) in [7, 11) is 3.08. The third kappa shape index (κ3) is 4.75. The van der Waals surface area contributed by atoms with Crippen molar-refractivity contribution in [3.63, 3.8) is 0 Å². The van der Waals surface area contributed by atoms with Gasteiger partial charge < -0.3 is 14.8 Å². The Labute approximate surface area is 108 Å². The lowest BCUT2D eigenvalue weighted by atomic mass is 10.1. The van der Waals surface area contributed by atoms with Gasteiger partial charge in [-0.2, -0.15) is 0 Å². The minimum absolute atomic E-state index is 0.162. The molecule has 0 fully saturated rings. The molecule has 18 heavy (non-hydrogen) atoms. The van der Waals surface area contributed by atoms with Crippen LogP contribution < -0.4 is 10.1 Å². The van der Waals surface area contributed by atoms with E-state index in [0.29, 0.717) is 6.42 Å². The number of nitrogens with one attached hydrogen (secondary N) is 1. The summed E-state index contributed by atoms with van der Waals surface area (Å²) in [5.41, 5.74) is 2.35. The lowest BCUT2D eigenvalue weighted by Crippen LogP contribution is -2.16. The van der Waals surface area contributed by atoms with Crippen molar-refractivity contribution in [3.05, 3.63) is 29.3 Å². The van der Waals surface area contributed by atoms with E-state index in [1.165, 1.54) is 12.7 Å². The van der Waals surface area contributed by atoms with Crippen LogP contribution in [0.25, 0.3) is 0 Å². The van der Waals surface area contributed by atoms with Gasteiger partial charge in [0.1, 0.15) is 5.75 Å². The summed E-state index contributed by atoms with van der Waals surface area (Å²) in [5.74, 6) is 0.728. The molecule has 0 heterocycles. The molecule has 100 valence electrons. The van der Waals surface area contributed by atoms with E-state index >= 15 is 0 Å². The van der Waals surface area contributed by atoms with Crippen molar-refractivity contribution in [2.24, 2.45) is 0 Å². The fourth-order valence-electron chi connectivity index (χ4n) is 1.73. The summed E-state index contributed by atoms with van der Waals surface area (Å²) in [6.07, 6.45) is 1.23. The lowest BCUT2D eigenvalue weighted by Gasteiger charge is -2.10. The van der Waals surface area contributed by atoms with Gasteiger partial charge in [0.15, 0.2) is 0 Å². The van der Waals surface area contributed by atoms with Crippen LogP contribution in [0.5, 0.6) is 5.75 Å². The van der Waals surface area contributed by atoms with E-state index in [1.807, 2.05) is 12.1 Å². The number of esters is 1. The first kappa shape index (κ1) is 14.5. The summed E-state index contributed by atoms with van der Waals surface area (Å²) in [4.78, 5) is 10.9. The predicted molar refractivity (Wildman–Crippen MR) is 70.7 cm³/mol. The highest BCUT2D eigenvalue weighted by Crippen LogP contribution is 2.19. The van der Waals surface area contributed by atoms with Gasteiger partial charge in [-0.05, 0) is 26.0 Å². The zero-order valence-corrected chi connectivity index (χ0v) is 11.3. The SMILES string of the molecule is COC(=O)CCCNCc1cc(C)ccc1OC. The maximum Gasteiger partial charge on any atom is 0.305 e. The zero-order valence-electron chi connectivity index (χ0n) is 11.3. The van der Waals surface area contributed by atoms with E-state index in [9.17, 15) is 4.79 Å². The highest BCUT2D eigenvalue weighted by molar-refractivity contribution is 5.69. The topological polar surface area (TPSA) is 47.6 Å². The Hall–Kier alpha value is -1.55. The highest BCUT2D eigenvalue weighted by atomic mass is 16.5. The Bertz CT molecular complexity index is 391. The second kappa shape index (κ2) is 7.71. The van der Waals surface area contributed by atoms with E-state index in [2.05, 4.69) is 23.0 Å². The maximum absolute atomic E-state index is 10.9. The number of ether oxygens (including phenoxy) is 2. The summed E-state index contributed by atoms with van der Waals surface area (Å²) in [5, 5.41) is 3.30. The third-order valence-corrected chi connectivity index (χ3v) is 2.71. The van der Waals surface area contributed by atoms with Crippen LogP contribution in [0.15, 0.2) is 18.2 Å². The fraction of sp³-hybridized carbons (Fsp3) is 0.500. The smallest absolute Gasteiger partial charge is 0.305 e.